The van der Waals surface area contributed by atoms with Crippen molar-refractivity contribution in [2.24, 2.45) is 0 Å². The molecule has 1 aliphatic heterocycles. The lowest BCUT2D eigenvalue weighted by molar-refractivity contribution is 0.149. The van der Waals surface area contributed by atoms with E-state index in [0.717, 1.165) is 25.4 Å². The third-order valence-corrected chi connectivity index (χ3v) is 4.17. The van der Waals surface area contributed by atoms with Crippen LogP contribution in [-0.2, 0) is 0 Å². The fourth-order valence-corrected chi connectivity index (χ4v) is 3.02. The minimum Gasteiger partial charge on any atom is -0.394 e. The van der Waals surface area contributed by atoms with Gasteiger partial charge in [0.25, 0.3) is 0 Å². The second-order valence-corrected chi connectivity index (χ2v) is 6.83. The fourth-order valence-electron chi connectivity index (χ4n) is 3.02. The second-order valence-electron chi connectivity index (χ2n) is 6.83. The van der Waals surface area contributed by atoms with Gasteiger partial charge < -0.3 is 20.2 Å². The van der Waals surface area contributed by atoms with Gasteiger partial charge in [-0.15, -0.1) is 0 Å². The van der Waals surface area contributed by atoms with Gasteiger partial charge in [0.2, 0.25) is 0 Å². The number of likely N-dealkylation sites (N-methyl/N-ethyl adjacent to an activating group) is 1. The molecule has 114 valence electrons. The van der Waals surface area contributed by atoms with Crippen LogP contribution in [0.25, 0.3) is 0 Å². The lowest BCUT2D eigenvalue weighted by Crippen LogP contribution is -2.49. The third-order valence-electron chi connectivity index (χ3n) is 4.17. The van der Waals surface area contributed by atoms with Gasteiger partial charge in [0.1, 0.15) is 0 Å². The quantitative estimate of drug-likeness (QED) is 0.695. The first kappa shape index (κ1) is 16.9. The Morgan fingerprint density at radius 2 is 2.11 bits per heavy atom. The highest BCUT2D eigenvalue weighted by Crippen LogP contribution is 2.17. The molecule has 0 spiro atoms. The zero-order valence-corrected chi connectivity index (χ0v) is 13.4. The maximum Gasteiger partial charge on any atom is 0.0610 e. The lowest BCUT2D eigenvalue weighted by atomic mass is 9.95. The van der Waals surface area contributed by atoms with Gasteiger partial charge in [0.05, 0.1) is 6.61 Å². The monoisotopic (exact) mass is 271 g/mol. The zero-order chi connectivity index (χ0) is 14.5. The van der Waals surface area contributed by atoms with Crippen LogP contribution >= 0.6 is 0 Å². The van der Waals surface area contributed by atoms with Crippen LogP contribution in [0.4, 0.5) is 0 Å². The van der Waals surface area contributed by atoms with E-state index >= 15 is 0 Å². The van der Waals surface area contributed by atoms with Gasteiger partial charge in [-0.05, 0) is 53.4 Å². The summed E-state index contributed by atoms with van der Waals surface area (Å²) in [5.74, 6) is 0. The first-order chi connectivity index (χ1) is 8.86. The summed E-state index contributed by atoms with van der Waals surface area (Å²) in [6, 6.07) is 1.14. The summed E-state index contributed by atoms with van der Waals surface area (Å²) in [5.41, 5.74) is -0.130. The minimum atomic E-state index is -0.130. The Kier molecular flexibility index (Phi) is 6.74. The van der Waals surface area contributed by atoms with Crippen LogP contribution in [0.5, 0.6) is 0 Å². The van der Waals surface area contributed by atoms with E-state index in [1.54, 1.807) is 0 Å². The molecule has 0 amide bonds. The lowest BCUT2D eigenvalue weighted by Gasteiger charge is -2.32. The summed E-state index contributed by atoms with van der Waals surface area (Å²) >= 11 is 0. The van der Waals surface area contributed by atoms with Gasteiger partial charge >= 0.3 is 0 Å². The largest absolute Gasteiger partial charge is 0.394 e. The molecule has 4 nitrogen and oxygen atoms in total. The number of hydrogen-bond donors (Lipinski definition) is 2. The van der Waals surface area contributed by atoms with Crippen molar-refractivity contribution >= 4 is 0 Å². The van der Waals surface area contributed by atoms with Gasteiger partial charge in [-0.2, -0.15) is 0 Å². The zero-order valence-electron chi connectivity index (χ0n) is 13.4. The first-order valence-corrected chi connectivity index (χ1v) is 7.63. The Bertz CT molecular complexity index is 258. The van der Waals surface area contributed by atoms with Crippen molar-refractivity contribution in [3.8, 4) is 0 Å². The predicted octanol–water partition coefficient (Wildman–Crippen LogP) is 1.15. The Balaban J connectivity index is 2.26. The molecule has 0 radical (unpaired) electrons. The van der Waals surface area contributed by atoms with Crippen LogP contribution < -0.4 is 5.32 Å². The second kappa shape index (κ2) is 7.58. The van der Waals surface area contributed by atoms with Crippen LogP contribution in [0.2, 0.25) is 0 Å². The highest BCUT2D eigenvalue weighted by atomic mass is 16.3. The number of aliphatic hydroxyl groups excluding tert-OH is 1. The van der Waals surface area contributed by atoms with Crippen molar-refractivity contribution in [1.82, 2.24) is 15.1 Å². The normalized spacial score (nSPS) is 24.3. The third kappa shape index (κ3) is 5.78. The van der Waals surface area contributed by atoms with Crippen LogP contribution in [0.3, 0.4) is 0 Å². The molecule has 2 unspecified atom stereocenters. The van der Waals surface area contributed by atoms with Gasteiger partial charge in [-0.1, -0.05) is 13.8 Å². The SMILES string of the molecule is CC(C)NC(C)(CO)CCCN1CCC(N(C)C)C1. The molecular formula is C15H33N3O. The van der Waals surface area contributed by atoms with Crippen molar-refractivity contribution < 1.29 is 5.11 Å². The Hall–Kier alpha value is -0.160. The van der Waals surface area contributed by atoms with E-state index in [-0.39, 0.29) is 12.1 Å². The Labute approximate surface area is 119 Å². The average molecular weight is 271 g/mol. The van der Waals surface area contributed by atoms with Crippen molar-refractivity contribution in [1.29, 1.82) is 0 Å². The van der Waals surface area contributed by atoms with Crippen molar-refractivity contribution in [3.63, 3.8) is 0 Å². The van der Waals surface area contributed by atoms with Crippen LogP contribution in [0.15, 0.2) is 0 Å². The van der Waals surface area contributed by atoms with E-state index < -0.39 is 0 Å². The molecule has 1 rings (SSSR count). The molecule has 0 aromatic heterocycles. The molecule has 1 heterocycles. The summed E-state index contributed by atoms with van der Waals surface area (Å²) in [6.07, 6.45) is 3.47. The fraction of sp³-hybridized carbons (Fsp3) is 1.00. The molecule has 19 heavy (non-hydrogen) atoms. The topological polar surface area (TPSA) is 38.7 Å². The molecular weight excluding hydrogens is 238 g/mol. The van der Waals surface area contributed by atoms with Crippen LogP contribution in [-0.4, -0.2) is 72.9 Å². The number of nitrogens with zero attached hydrogens (tertiary/aromatic N) is 2. The van der Waals surface area contributed by atoms with E-state index in [1.165, 1.54) is 19.5 Å². The molecule has 4 heteroatoms. The number of hydrogen-bond acceptors (Lipinski definition) is 4. The summed E-state index contributed by atoms with van der Waals surface area (Å²) in [6.45, 7) is 10.2. The van der Waals surface area contributed by atoms with E-state index in [1.807, 2.05) is 0 Å². The minimum absolute atomic E-state index is 0.130. The van der Waals surface area contributed by atoms with Crippen molar-refractivity contribution in [2.75, 3.05) is 40.3 Å². The molecule has 0 aromatic rings. The molecule has 0 saturated carbocycles. The summed E-state index contributed by atoms with van der Waals surface area (Å²) in [4.78, 5) is 4.88. The number of nitrogens with one attached hydrogen (secondary N) is 1. The highest BCUT2D eigenvalue weighted by Gasteiger charge is 2.26. The van der Waals surface area contributed by atoms with E-state index in [0.29, 0.717) is 6.04 Å². The molecule has 0 aromatic carbocycles. The maximum absolute atomic E-state index is 9.56. The van der Waals surface area contributed by atoms with E-state index in [9.17, 15) is 5.11 Å². The smallest absolute Gasteiger partial charge is 0.0610 e. The van der Waals surface area contributed by atoms with Gasteiger partial charge in [0.15, 0.2) is 0 Å². The Morgan fingerprint density at radius 1 is 1.42 bits per heavy atom. The molecule has 1 saturated heterocycles. The van der Waals surface area contributed by atoms with Crippen LogP contribution in [0.1, 0.15) is 40.0 Å². The molecule has 0 bridgehead atoms. The highest BCUT2D eigenvalue weighted by molar-refractivity contribution is 4.85. The number of likely N-dealkylation sites (tertiary alicyclic amines) is 1. The van der Waals surface area contributed by atoms with Crippen molar-refractivity contribution in [2.45, 2.75) is 57.7 Å². The van der Waals surface area contributed by atoms with Gasteiger partial charge in [0, 0.05) is 24.2 Å². The van der Waals surface area contributed by atoms with Gasteiger partial charge in [-0.3, -0.25) is 0 Å². The summed E-state index contributed by atoms with van der Waals surface area (Å²) in [7, 11) is 4.34. The molecule has 1 fully saturated rings. The molecule has 2 N–H and O–H groups in total. The summed E-state index contributed by atoms with van der Waals surface area (Å²) in [5, 5.41) is 13.0. The summed E-state index contributed by atoms with van der Waals surface area (Å²) < 4.78 is 0. The molecule has 1 aliphatic rings. The standard InChI is InChI=1S/C15H33N3O/c1-13(2)16-15(3,12-19)8-6-9-18-10-7-14(11-18)17(4)5/h13-14,16,19H,6-12H2,1-5H3. The van der Waals surface area contributed by atoms with Gasteiger partial charge in [-0.25, -0.2) is 0 Å². The number of aliphatic hydroxyl groups is 1. The van der Waals surface area contributed by atoms with E-state index in [4.69, 9.17) is 0 Å². The predicted molar refractivity (Wildman–Crippen MR) is 81.5 cm³/mol. The number of rotatable bonds is 8. The van der Waals surface area contributed by atoms with Crippen LogP contribution in [0, 0.1) is 0 Å². The maximum atomic E-state index is 9.56. The molecule has 0 aliphatic carbocycles. The average Bonchev–Trinajstić information content (AvgIpc) is 2.77. The van der Waals surface area contributed by atoms with Crippen molar-refractivity contribution in [3.05, 3.63) is 0 Å². The van der Waals surface area contributed by atoms with E-state index in [2.05, 4.69) is 50.0 Å². The molecule has 2 atom stereocenters. The Morgan fingerprint density at radius 3 is 2.58 bits per heavy atom. The first-order valence-electron chi connectivity index (χ1n) is 7.63.